The lowest BCUT2D eigenvalue weighted by molar-refractivity contribution is 0.898. The molecule has 0 aromatic carbocycles. The summed E-state index contributed by atoms with van der Waals surface area (Å²) < 4.78 is 0. The maximum Gasteiger partial charge on any atom is 0.101 e. The van der Waals surface area contributed by atoms with E-state index < -0.39 is 0 Å². The molecule has 1 atom stereocenters. The summed E-state index contributed by atoms with van der Waals surface area (Å²) in [6.45, 7) is 4.39. The molecule has 1 rings (SSSR count). The van der Waals surface area contributed by atoms with Crippen LogP contribution in [0.4, 0.5) is 0 Å². The molecule has 0 aliphatic heterocycles. The molecule has 3 heteroatoms. The summed E-state index contributed by atoms with van der Waals surface area (Å²) in [5.41, 5.74) is 1.13. The van der Waals surface area contributed by atoms with Crippen LogP contribution in [0.25, 0.3) is 0 Å². The van der Waals surface area contributed by atoms with Crippen LogP contribution in [0.5, 0.6) is 0 Å². The molecule has 0 spiro atoms. The van der Waals surface area contributed by atoms with Gasteiger partial charge in [0, 0.05) is 11.4 Å². The lowest BCUT2D eigenvalue weighted by atomic mass is 10.3. The van der Waals surface area contributed by atoms with Gasteiger partial charge in [0.15, 0.2) is 0 Å². The van der Waals surface area contributed by atoms with Gasteiger partial charge in [0.1, 0.15) is 5.03 Å². The normalized spacial score (nSPS) is 12.8. The minimum absolute atomic E-state index is 0.548. The van der Waals surface area contributed by atoms with Crippen molar-refractivity contribution in [2.75, 3.05) is 0 Å². The molecular weight excluding hydrogens is 202 g/mol. The monoisotopic (exact) mass is 215 g/mol. The number of hydrogen-bond donors (Lipinski definition) is 0. The lowest BCUT2D eigenvalue weighted by Crippen LogP contribution is -1.96. The Morgan fingerprint density at radius 2 is 2.38 bits per heavy atom. The van der Waals surface area contributed by atoms with Gasteiger partial charge in [0.2, 0.25) is 0 Å². The van der Waals surface area contributed by atoms with Crippen molar-refractivity contribution in [1.29, 1.82) is 0 Å². The molecule has 1 aromatic heterocycles. The summed E-state index contributed by atoms with van der Waals surface area (Å²) >= 11 is 7.60. The third-order valence-corrected chi connectivity index (χ3v) is 3.50. The van der Waals surface area contributed by atoms with E-state index in [1.54, 1.807) is 11.8 Å². The lowest BCUT2D eigenvalue weighted by Gasteiger charge is -2.09. The summed E-state index contributed by atoms with van der Waals surface area (Å²) in [4.78, 5) is 4.32. The maximum atomic E-state index is 5.81. The Bertz CT molecular complexity index is 265. The minimum atomic E-state index is 0.548. The summed E-state index contributed by atoms with van der Waals surface area (Å²) in [6.07, 6.45) is 2.98. The zero-order valence-electron chi connectivity index (χ0n) is 7.96. The van der Waals surface area contributed by atoms with Crippen LogP contribution in [0.15, 0.2) is 23.4 Å². The predicted octanol–water partition coefficient (Wildman–Crippen LogP) is 3.71. The Morgan fingerprint density at radius 3 is 3.00 bits per heavy atom. The smallest absolute Gasteiger partial charge is 0.101 e. The van der Waals surface area contributed by atoms with Crippen LogP contribution >= 0.6 is 23.4 Å². The van der Waals surface area contributed by atoms with Gasteiger partial charge in [0.05, 0.1) is 5.88 Å². The molecular formula is C10H14ClNS. The van der Waals surface area contributed by atoms with Gasteiger partial charge in [-0.2, -0.15) is 0 Å². The molecule has 72 valence electrons. The van der Waals surface area contributed by atoms with Crippen LogP contribution in [0, 0.1) is 0 Å². The largest absolute Gasteiger partial charge is 0.250 e. The van der Waals surface area contributed by atoms with Crippen molar-refractivity contribution in [3.63, 3.8) is 0 Å². The summed E-state index contributed by atoms with van der Waals surface area (Å²) in [6, 6.07) is 3.96. The summed E-state index contributed by atoms with van der Waals surface area (Å²) in [5.74, 6) is 0.548. The van der Waals surface area contributed by atoms with E-state index in [0.29, 0.717) is 11.1 Å². The van der Waals surface area contributed by atoms with Crippen molar-refractivity contribution in [3.8, 4) is 0 Å². The Hall–Kier alpha value is -0.210. The first kappa shape index (κ1) is 10.9. The number of hydrogen-bond acceptors (Lipinski definition) is 2. The molecule has 0 fully saturated rings. The highest BCUT2D eigenvalue weighted by atomic mass is 35.5. The molecule has 0 saturated carbocycles. The fourth-order valence-electron chi connectivity index (χ4n) is 0.906. The van der Waals surface area contributed by atoms with Gasteiger partial charge < -0.3 is 0 Å². The van der Waals surface area contributed by atoms with Gasteiger partial charge in [-0.15, -0.1) is 23.4 Å². The number of rotatable bonds is 4. The predicted molar refractivity (Wildman–Crippen MR) is 59.4 cm³/mol. The van der Waals surface area contributed by atoms with Crippen LogP contribution in [-0.4, -0.2) is 10.2 Å². The molecule has 0 aliphatic carbocycles. The Labute approximate surface area is 88.9 Å². The molecule has 0 radical (unpaired) electrons. The molecule has 1 unspecified atom stereocenters. The van der Waals surface area contributed by atoms with Gasteiger partial charge in [0.25, 0.3) is 0 Å². The fraction of sp³-hybridized carbons (Fsp3) is 0.500. The Morgan fingerprint density at radius 1 is 1.62 bits per heavy atom. The van der Waals surface area contributed by atoms with Crippen LogP contribution in [0.2, 0.25) is 0 Å². The van der Waals surface area contributed by atoms with Gasteiger partial charge in [-0.05, 0) is 18.1 Å². The van der Waals surface area contributed by atoms with Gasteiger partial charge in [-0.25, -0.2) is 4.98 Å². The summed E-state index contributed by atoms with van der Waals surface area (Å²) in [5, 5.41) is 1.68. The van der Waals surface area contributed by atoms with Gasteiger partial charge in [-0.3, -0.25) is 0 Å². The topological polar surface area (TPSA) is 12.9 Å². The molecule has 0 N–H and O–H groups in total. The number of nitrogens with zero attached hydrogens (tertiary/aromatic N) is 1. The van der Waals surface area contributed by atoms with Crippen molar-refractivity contribution < 1.29 is 0 Å². The molecule has 1 nitrogen and oxygen atoms in total. The zero-order valence-corrected chi connectivity index (χ0v) is 9.53. The third-order valence-electron chi connectivity index (χ3n) is 1.88. The van der Waals surface area contributed by atoms with E-state index in [-0.39, 0.29) is 0 Å². The number of alkyl halides is 1. The van der Waals surface area contributed by atoms with Crippen LogP contribution in [0.1, 0.15) is 25.8 Å². The van der Waals surface area contributed by atoms with Crippen molar-refractivity contribution in [1.82, 2.24) is 4.98 Å². The first-order valence-electron chi connectivity index (χ1n) is 4.44. The second-order valence-corrected chi connectivity index (χ2v) is 4.63. The van der Waals surface area contributed by atoms with Gasteiger partial charge >= 0.3 is 0 Å². The number of halogens is 1. The fourth-order valence-corrected chi connectivity index (χ4v) is 2.16. The SMILES string of the molecule is CCC(C)Sc1ncccc1CCl. The number of aromatic nitrogens is 1. The first-order chi connectivity index (χ1) is 6.27. The average molecular weight is 216 g/mol. The quantitative estimate of drug-likeness (QED) is 0.561. The molecule has 1 heterocycles. The van der Waals surface area contributed by atoms with E-state index in [1.807, 2.05) is 18.3 Å². The molecule has 0 bridgehead atoms. The van der Waals surface area contributed by atoms with E-state index in [4.69, 9.17) is 11.6 Å². The average Bonchev–Trinajstić information content (AvgIpc) is 2.18. The van der Waals surface area contributed by atoms with Crippen molar-refractivity contribution in [2.45, 2.75) is 36.4 Å². The Balaban J connectivity index is 2.74. The molecule has 0 aliphatic rings. The van der Waals surface area contributed by atoms with Crippen LogP contribution < -0.4 is 0 Å². The van der Waals surface area contributed by atoms with Crippen molar-refractivity contribution >= 4 is 23.4 Å². The highest BCUT2D eigenvalue weighted by Crippen LogP contribution is 2.26. The van der Waals surface area contributed by atoms with E-state index in [1.165, 1.54) is 0 Å². The zero-order chi connectivity index (χ0) is 9.68. The van der Waals surface area contributed by atoms with E-state index in [0.717, 1.165) is 17.0 Å². The maximum absolute atomic E-state index is 5.81. The third kappa shape index (κ3) is 3.20. The van der Waals surface area contributed by atoms with Crippen LogP contribution in [0.3, 0.4) is 0 Å². The molecule has 0 amide bonds. The van der Waals surface area contributed by atoms with Crippen molar-refractivity contribution in [3.05, 3.63) is 23.9 Å². The molecule has 13 heavy (non-hydrogen) atoms. The first-order valence-corrected chi connectivity index (χ1v) is 5.85. The molecule has 0 saturated heterocycles. The second kappa shape index (κ2) is 5.51. The van der Waals surface area contributed by atoms with Gasteiger partial charge in [-0.1, -0.05) is 19.9 Å². The van der Waals surface area contributed by atoms with Crippen molar-refractivity contribution in [2.24, 2.45) is 0 Å². The van der Waals surface area contributed by atoms with Crippen LogP contribution in [-0.2, 0) is 5.88 Å². The highest BCUT2D eigenvalue weighted by Gasteiger charge is 2.06. The highest BCUT2D eigenvalue weighted by molar-refractivity contribution is 7.99. The summed E-state index contributed by atoms with van der Waals surface area (Å²) in [7, 11) is 0. The number of pyridine rings is 1. The minimum Gasteiger partial charge on any atom is -0.250 e. The standard InChI is InChI=1S/C10H14ClNS/c1-3-8(2)13-10-9(7-11)5-4-6-12-10/h4-6,8H,3,7H2,1-2H3. The molecule has 1 aromatic rings. The van der Waals surface area contributed by atoms with E-state index >= 15 is 0 Å². The van der Waals surface area contributed by atoms with E-state index in [2.05, 4.69) is 18.8 Å². The number of thioether (sulfide) groups is 1. The van der Waals surface area contributed by atoms with E-state index in [9.17, 15) is 0 Å². The Kier molecular flexibility index (Phi) is 4.60. The second-order valence-electron chi connectivity index (χ2n) is 2.94.